The Morgan fingerprint density at radius 3 is 1.61 bits per heavy atom. The third kappa shape index (κ3) is 22.6. The Hall–Kier alpha value is -2.90. The molecule has 6 N–H and O–H groups in total. The van der Waals surface area contributed by atoms with E-state index in [9.17, 15) is 28.8 Å². The number of nitrogens with one attached hydrogen (secondary N) is 2. The highest BCUT2D eigenvalue weighted by molar-refractivity contribution is 6.04. The molecule has 0 spiro atoms. The number of ether oxygens (including phenoxy) is 2. The molecule has 0 bridgehead atoms. The Labute approximate surface area is 261 Å². The average Bonchev–Trinajstić information content (AvgIpc) is 2.99. The van der Waals surface area contributed by atoms with Gasteiger partial charge in [-0.15, -0.1) is 0 Å². The summed E-state index contributed by atoms with van der Waals surface area (Å²) < 4.78 is 10.8. The van der Waals surface area contributed by atoms with Crippen LogP contribution in [0.4, 0.5) is 0 Å². The number of rotatable bonds is 31. The summed E-state index contributed by atoms with van der Waals surface area (Å²) in [6.45, 7) is 3.01. The maximum Gasteiger partial charge on any atom is 0.321 e. The van der Waals surface area contributed by atoms with Crippen molar-refractivity contribution in [3.8, 4) is 0 Å². The molecule has 2 amide bonds. The van der Waals surface area contributed by atoms with Crippen LogP contribution in [0.5, 0.6) is 0 Å². The van der Waals surface area contributed by atoms with Gasteiger partial charge in [0, 0.05) is 32.4 Å². The highest BCUT2D eigenvalue weighted by Gasteiger charge is 2.35. The molecule has 13 heteroatoms. The van der Waals surface area contributed by atoms with Gasteiger partial charge >= 0.3 is 11.9 Å². The van der Waals surface area contributed by atoms with Crippen molar-refractivity contribution in [1.82, 2.24) is 10.6 Å². The number of hydrogen-bond acceptors (Lipinski definition) is 9. The monoisotopic (exact) mass is 629 g/mol. The Morgan fingerprint density at radius 1 is 0.705 bits per heavy atom. The number of carbonyl (C=O) groups is 6. The molecule has 0 aromatic heterocycles. The van der Waals surface area contributed by atoms with E-state index in [-0.39, 0.29) is 38.5 Å². The molecule has 0 aliphatic carbocycles. The Kier molecular flexibility index (Phi) is 25.8. The van der Waals surface area contributed by atoms with Gasteiger partial charge in [-0.1, -0.05) is 64.2 Å². The Morgan fingerprint density at radius 2 is 1.16 bits per heavy atom. The fraction of sp³-hybridized carbons (Fsp3) is 0.806. The zero-order valence-corrected chi connectivity index (χ0v) is 26.4. The quantitative estimate of drug-likeness (QED) is 0.0427. The van der Waals surface area contributed by atoms with Gasteiger partial charge in [-0.2, -0.15) is 0 Å². The van der Waals surface area contributed by atoms with Crippen molar-refractivity contribution in [3.05, 3.63) is 0 Å². The normalized spacial score (nSPS) is 13.0. The highest BCUT2D eigenvalue weighted by atomic mass is 16.5. The van der Waals surface area contributed by atoms with E-state index in [4.69, 9.17) is 25.4 Å². The van der Waals surface area contributed by atoms with Gasteiger partial charge < -0.3 is 40.8 Å². The minimum absolute atomic E-state index is 0.0130. The van der Waals surface area contributed by atoms with Crippen molar-refractivity contribution < 1.29 is 48.5 Å². The summed E-state index contributed by atoms with van der Waals surface area (Å²) in [5.41, 5.74) is 5.49. The second kappa shape index (κ2) is 27.6. The number of Topliss-reactive ketones (excluding diaryl/α,β-unsaturated/α-hetero) is 1. The number of nitrogens with two attached hydrogens (primary N) is 1. The molecule has 0 aliphatic heterocycles. The third-order valence-electron chi connectivity index (χ3n) is 7.29. The van der Waals surface area contributed by atoms with Gasteiger partial charge in [0.05, 0.1) is 38.3 Å². The molecule has 0 radical (unpaired) electrons. The summed E-state index contributed by atoms with van der Waals surface area (Å²) in [7, 11) is 0. The lowest BCUT2D eigenvalue weighted by Gasteiger charge is -2.20. The molecular weight excluding hydrogens is 574 g/mol. The van der Waals surface area contributed by atoms with E-state index < -0.39 is 41.5 Å². The number of aldehydes is 1. The van der Waals surface area contributed by atoms with Gasteiger partial charge in [0.15, 0.2) is 5.78 Å². The van der Waals surface area contributed by atoms with Crippen molar-refractivity contribution in [2.24, 2.45) is 17.6 Å². The summed E-state index contributed by atoms with van der Waals surface area (Å²) in [6, 6.07) is -1.57. The van der Waals surface area contributed by atoms with Crippen molar-refractivity contribution in [1.29, 1.82) is 0 Å². The zero-order valence-electron chi connectivity index (χ0n) is 26.4. The minimum atomic E-state index is -1.57. The number of ketones is 1. The molecule has 2 unspecified atom stereocenters. The predicted molar refractivity (Wildman–Crippen MR) is 164 cm³/mol. The second-order valence-corrected chi connectivity index (χ2v) is 11.0. The standard InChI is InChI=1S/C31H55N3O10/c1-24(29(39)25(16-19-35)28(32)31(41)42)30(40)34-18-21-44-23-22-43-20-17-33-26(36)14-12-10-8-6-4-2-3-5-7-9-11-13-15-27(37)38/h19,24-25,28H,2-18,20-23,32H2,1H3,(H,33,36)(H,34,40)(H,37,38)(H,41,42)/t24?,25?,28-/m0/s1. The predicted octanol–water partition coefficient (Wildman–Crippen LogP) is 2.62. The fourth-order valence-corrected chi connectivity index (χ4v) is 4.57. The molecule has 0 aromatic carbocycles. The van der Waals surface area contributed by atoms with Crippen LogP contribution >= 0.6 is 0 Å². The summed E-state index contributed by atoms with van der Waals surface area (Å²) in [5, 5.41) is 23.0. The van der Waals surface area contributed by atoms with Crippen LogP contribution in [0.3, 0.4) is 0 Å². The number of carboxylic acids is 2. The van der Waals surface area contributed by atoms with Crippen molar-refractivity contribution >= 4 is 35.8 Å². The number of unbranched alkanes of at least 4 members (excludes halogenated alkanes) is 11. The summed E-state index contributed by atoms with van der Waals surface area (Å²) in [4.78, 5) is 68.9. The van der Waals surface area contributed by atoms with Gasteiger partial charge in [0.1, 0.15) is 12.3 Å². The largest absolute Gasteiger partial charge is 0.481 e. The van der Waals surface area contributed by atoms with Gasteiger partial charge in [0.25, 0.3) is 0 Å². The second-order valence-electron chi connectivity index (χ2n) is 11.0. The first-order valence-corrected chi connectivity index (χ1v) is 16.0. The molecule has 0 fully saturated rings. The number of carboxylic acid groups (broad SMARTS) is 2. The molecule has 0 aliphatic rings. The fourth-order valence-electron chi connectivity index (χ4n) is 4.57. The Bertz CT molecular complexity index is 840. The molecular formula is C31H55N3O10. The van der Waals surface area contributed by atoms with Crippen LogP contribution < -0.4 is 16.4 Å². The van der Waals surface area contributed by atoms with E-state index in [0.29, 0.717) is 32.5 Å². The first-order valence-electron chi connectivity index (χ1n) is 16.0. The maximum atomic E-state index is 12.4. The third-order valence-corrected chi connectivity index (χ3v) is 7.29. The summed E-state index contributed by atoms with van der Waals surface area (Å²) in [6.07, 6.45) is 14.0. The van der Waals surface area contributed by atoms with E-state index in [2.05, 4.69) is 10.6 Å². The van der Waals surface area contributed by atoms with Crippen molar-refractivity contribution in [3.63, 3.8) is 0 Å². The lowest BCUT2D eigenvalue weighted by Crippen LogP contribution is -2.46. The first-order chi connectivity index (χ1) is 21.1. The van der Waals surface area contributed by atoms with Gasteiger partial charge in [0.2, 0.25) is 11.8 Å². The summed E-state index contributed by atoms with van der Waals surface area (Å²) in [5.74, 6) is -5.87. The molecule has 0 rings (SSSR count). The van der Waals surface area contributed by atoms with Crippen molar-refractivity contribution in [2.45, 2.75) is 109 Å². The Balaban J connectivity index is 3.60. The molecule has 0 saturated heterocycles. The average molecular weight is 630 g/mol. The molecule has 0 heterocycles. The van der Waals surface area contributed by atoms with Crippen LogP contribution in [-0.2, 0) is 38.2 Å². The van der Waals surface area contributed by atoms with E-state index in [1.807, 2.05) is 0 Å². The van der Waals surface area contributed by atoms with Crippen LogP contribution in [0.15, 0.2) is 0 Å². The SMILES string of the molecule is CC(C(=O)NCCOCCOCCNC(=O)CCCCCCCCCCCCCCC(=O)O)C(=O)C(CC=O)[C@H](N)C(=O)O. The van der Waals surface area contributed by atoms with E-state index in [0.717, 1.165) is 38.5 Å². The highest BCUT2D eigenvalue weighted by Crippen LogP contribution is 2.15. The molecule has 0 saturated carbocycles. The number of carbonyl (C=O) groups excluding carboxylic acids is 4. The van der Waals surface area contributed by atoms with Crippen LogP contribution in [0.2, 0.25) is 0 Å². The van der Waals surface area contributed by atoms with Gasteiger partial charge in [-0.25, -0.2) is 0 Å². The van der Waals surface area contributed by atoms with Crippen LogP contribution in [0, 0.1) is 11.8 Å². The van der Waals surface area contributed by atoms with Crippen LogP contribution in [0.1, 0.15) is 103 Å². The maximum absolute atomic E-state index is 12.4. The molecule has 254 valence electrons. The van der Waals surface area contributed by atoms with E-state index >= 15 is 0 Å². The number of amides is 2. The topological polar surface area (TPSA) is 211 Å². The van der Waals surface area contributed by atoms with E-state index in [1.54, 1.807) is 0 Å². The zero-order chi connectivity index (χ0) is 33.0. The number of hydrogen-bond donors (Lipinski definition) is 5. The lowest BCUT2D eigenvalue weighted by atomic mass is 9.86. The molecule has 13 nitrogen and oxygen atoms in total. The lowest BCUT2D eigenvalue weighted by molar-refractivity contribution is -0.145. The van der Waals surface area contributed by atoms with E-state index in [1.165, 1.54) is 45.4 Å². The molecule has 0 aromatic rings. The smallest absolute Gasteiger partial charge is 0.321 e. The van der Waals surface area contributed by atoms with Crippen molar-refractivity contribution in [2.75, 3.05) is 39.5 Å². The summed E-state index contributed by atoms with van der Waals surface area (Å²) >= 11 is 0. The minimum Gasteiger partial charge on any atom is -0.481 e. The van der Waals surface area contributed by atoms with Crippen LogP contribution in [0.25, 0.3) is 0 Å². The first kappa shape index (κ1) is 41.1. The molecule has 3 atom stereocenters. The number of aliphatic carboxylic acids is 2. The molecule has 44 heavy (non-hydrogen) atoms. The van der Waals surface area contributed by atoms with Gasteiger partial charge in [-0.3, -0.25) is 24.0 Å². The van der Waals surface area contributed by atoms with Crippen LogP contribution in [-0.4, -0.2) is 91.6 Å². The van der Waals surface area contributed by atoms with Gasteiger partial charge in [-0.05, 0) is 19.8 Å².